The number of rotatable bonds is 3. The summed E-state index contributed by atoms with van der Waals surface area (Å²) in [6, 6.07) is 2.07. The quantitative estimate of drug-likeness (QED) is 0.624. The van der Waals surface area contributed by atoms with Gasteiger partial charge >= 0.3 is 5.97 Å². The van der Waals surface area contributed by atoms with E-state index < -0.39 is 22.0 Å². The third kappa shape index (κ3) is 2.03. The fraction of sp³-hybridized carbons (Fsp3) is 0.400. The van der Waals surface area contributed by atoms with Gasteiger partial charge in [-0.05, 0) is 20.8 Å². The van der Waals surface area contributed by atoms with Gasteiger partial charge in [0.25, 0.3) is 11.2 Å². The minimum atomic E-state index is -1.53. The molecule has 7 heteroatoms. The van der Waals surface area contributed by atoms with Crippen LogP contribution < -0.4 is 5.56 Å². The lowest BCUT2D eigenvalue weighted by atomic mass is 10.0. The molecule has 0 aliphatic carbocycles. The first-order valence-corrected chi connectivity index (χ1v) is 4.80. The van der Waals surface area contributed by atoms with Crippen LogP contribution in [0.3, 0.4) is 0 Å². The van der Waals surface area contributed by atoms with Gasteiger partial charge < -0.3 is 5.11 Å². The van der Waals surface area contributed by atoms with Crippen molar-refractivity contribution in [1.82, 2.24) is 4.57 Å². The molecule has 1 N–H and O–H groups in total. The number of nitro groups is 1. The number of aromatic nitrogens is 1. The van der Waals surface area contributed by atoms with Crippen molar-refractivity contribution in [2.75, 3.05) is 0 Å². The molecule has 0 atom stereocenters. The number of carboxylic acid groups (broad SMARTS) is 1. The summed E-state index contributed by atoms with van der Waals surface area (Å²) in [5.41, 5.74) is -2.37. The molecule has 0 bridgehead atoms. The molecule has 0 aliphatic rings. The second-order valence-electron chi connectivity index (χ2n) is 4.10. The van der Waals surface area contributed by atoms with Crippen molar-refractivity contribution in [2.45, 2.75) is 26.3 Å². The normalized spacial score (nSPS) is 11.2. The van der Waals surface area contributed by atoms with Crippen LogP contribution in [0.2, 0.25) is 0 Å². The zero-order valence-electron chi connectivity index (χ0n) is 9.63. The zero-order valence-corrected chi connectivity index (χ0v) is 9.63. The Kier molecular flexibility index (Phi) is 3.03. The summed E-state index contributed by atoms with van der Waals surface area (Å²) in [5, 5.41) is 19.8. The lowest BCUT2D eigenvalue weighted by molar-refractivity contribution is -0.386. The SMILES string of the molecule is Cc1c([N+](=O)[O-])ccc(=O)n1C(C)(C)C(=O)O. The van der Waals surface area contributed by atoms with E-state index in [1.54, 1.807) is 0 Å². The Labute approximate surface area is 96.5 Å². The van der Waals surface area contributed by atoms with Crippen LogP contribution in [0.25, 0.3) is 0 Å². The Morgan fingerprint density at radius 2 is 2.00 bits per heavy atom. The van der Waals surface area contributed by atoms with E-state index in [2.05, 4.69) is 0 Å². The van der Waals surface area contributed by atoms with Gasteiger partial charge in [-0.3, -0.25) is 19.5 Å². The molecule has 0 aromatic carbocycles. The van der Waals surface area contributed by atoms with Crippen LogP contribution in [-0.4, -0.2) is 20.6 Å². The Hall–Kier alpha value is -2.18. The summed E-state index contributed by atoms with van der Waals surface area (Å²) < 4.78 is 0.910. The molecule has 0 amide bonds. The molecule has 1 aromatic rings. The van der Waals surface area contributed by atoms with Crippen molar-refractivity contribution in [2.24, 2.45) is 0 Å². The average molecular weight is 240 g/mol. The van der Waals surface area contributed by atoms with Crippen LogP contribution in [0.4, 0.5) is 5.69 Å². The lowest BCUT2D eigenvalue weighted by Gasteiger charge is -2.24. The van der Waals surface area contributed by atoms with Gasteiger partial charge in [0.2, 0.25) is 0 Å². The van der Waals surface area contributed by atoms with E-state index in [1.807, 2.05) is 0 Å². The topological polar surface area (TPSA) is 102 Å². The molecule has 0 unspecified atom stereocenters. The van der Waals surface area contributed by atoms with Crippen molar-refractivity contribution < 1.29 is 14.8 Å². The molecular formula is C10H12N2O5. The maximum atomic E-state index is 11.6. The van der Waals surface area contributed by atoms with Crippen LogP contribution >= 0.6 is 0 Å². The number of aliphatic carboxylic acids is 1. The molecule has 0 saturated carbocycles. The maximum Gasteiger partial charge on any atom is 0.329 e. The number of hydrogen-bond donors (Lipinski definition) is 1. The number of carboxylic acids is 1. The van der Waals surface area contributed by atoms with Gasteiger partial charge in [-0.1, -0.05) is 0 Å². The first-order valence-electron chi connectivity index (χ1n) is 4.80. The van der Waals surface area contributed by atoms with E-state index in [9.17, 15) is 19.7 Å². The fourth-order valence-electron chi connectivity index (χ4n) is 1.61. The molecule has 0 fully saturated rings. The molecule has 1 aromatic heterocycles. The third-order valence-corrected chi connectivity index (χ3v) is 2.59. The van der Waals surface area contributed by atoms with Gasteiger partial charge in [0.05, 0.1) is 10.6 Å². The van der Waals surface area contributed by atoms with Crippen molar-refractivity contribution in [3.63, 3.8) is 0 Å². The Morgan fingerprint density at radius 3 is 2.41 bits per heavy atom. The van der Waals surface area contributed by atoms with Crippen LogP contribution in [0.15, 0.2) is 16.9 Å². The summed E-state index contributed by atoms with van der Waals surface area (Å²) in [6.07, 6.45) is 0. The highest BCUT2D eigenvalue weighted by Gasteiger charge is 2.33. The highest BCUT2D eigenvalue weighted by atomic mass is 16.6. The zero-order chi connectivity index (χ0) is 13.4. The number of carbonyl (C=O) groups is 1. The summed E-state index contributed by atoms with van der Waals surface area (Å²) in [7, 11) is 0. The Balaban J connectivity index is 3.65. The van der Waals surface area contributed by atoms with E-state index in [0.717, 1.165) is 16.7 Å². The second-order valence-corrected chi connectivity index (χ2v) is 4.10. The van der Waals surface area contributed by atoms with Crippen molar-refractivity contribution >= 4 is 11.7 Å². The van der Waals surface area contributed by atoms with Gasteiger partial charge in [-0.25, -0.2) is 4.79 Å². The highest BCUT2D eigenvalue weighted by Crippen LogP contribution is 2.21. The molecule has 17 heavy (non-hydrogen) atoms. The lowest BCUT2D eigenvalue weighted by Crippen LogP contribution is -2.43. The van der Waals surface area contributed by atoms with E-state index in [4.69, 9.17) is 5.11 Å². The molecule has 0 radical (unpaired) electrons. The summed E-state index contributed by atoms with van der Waals surface area (Å²) in [6.45, 7) is 3.98. The molecule has 7 nitrogen and oxygen atoms in total. The van der Waals surface area contributed by atoms with E-state index >= 15 is 0 Å². The standard InChI is InChI=1S/C10H12N2O5/c1-6-7(12(16)17)4-5-8(13)11(6)10(2,3)9(14)15/h4-5H,1-3H3,(H,14,15). The van der Waals surface area contributed by atoms with Crippen LogP contribution in [-0.2, 0) is 10.3 Å². The Morgan fingerprint density at radius 1 is 1.47 bits per heavy atom. The number of nitrogens with zero attached hydrogens (tertiary/aromatic N) is 2. The van der Waals surface area contributed by atoms with Gasteiger partial charge in [-0.2, -0.15) is 0 Å². The Bertz CT molecular complexity index is 544. The molecule has 0 aliphatic heterocycles. The predicted molar refractivity (Wildman–Crippen MR) is 59.1 cm³/mol. The minimum absolute atomic E-state index is 0.0231. The predicted octanol–water partition coefficient (Wildman–Crippen LogP) is 0.885. The molecular weight excluding hydrogens is 228 g/mol. The van der Waals surface area contributed by atoms with E-state index in [-0.39, 0.29) is 11.4 Å². The fourth-order valence-corrected chi connectivity index (χ4v) is 1.61. The molecule has 0 spiro atoms. The van der Waals surface area contributed by atoms with Gasteiger partial charge in [-0.15, -0.1) is 0 Å². The minimum Gasteiger partial charge on any atom is -0.480 e. The summed E-state index contributed by atoms with van der Waals surface area (Å²) in [5.74, 6) is -1.23. The van der Waals surface area contributed by atoms with Crippen molar-refractivity contribution in [3.05, 3.63) is 38.3 Å². The van der Waals surface area contributed by atoms with Crippen LogP contribution in [0.1, 0.15) is 19.5 Å². The highest BCUT2D eigenvalue weighted by molar-refractivity contribution is 5.76. The van der Waals surface area contributed by atoms with Crippen molar-refractivity contribution in [1.29, 1.82) is 0 Å². The smallest absolute Gasteiger partial charge is 0.329 e. The van der Waals surface area contributed by atoms with E-state index in [1.165, 1.54) is 20.8 Å². The largest absolute Gasteiger partial charge is 0.480 e. The number of hydrogen-bond acceptors (Lipinski definition) is 4. The average Bonchev–Trinajstić information content (AvgIpc) is 2.16. The van der Waals surface area contributed by atoms with Gasteiger partial charge in [0.1, 0.15) is 5.54 Å². The maximum absolute atomic E-state index is 11.6. The van der Waals surface area contributed by atoms with Gasteiger partial charge in [0.15, 0.2) is 0 Å². The molecule has 1 rings (SSSR count). The molecule has 92 valence electrons. The monoisotopic (exact) mass is 240 g/mol. The van der Waals surface area contributed by atoms with Crippen LogP contribution in [0.5, 0.6) is 0 Å². The molecule has 1 heterocycles. The third-order valence-electron chi connectivity index (χ3n) is 2.59. The summed E-state index contributed by atoms with van der Waals surface area (Å²) >= 11 is 0. The summed E-state index contributed by atoms with van der Waals surface area (Å²) in [4.78, 5) is 32.8. The first-order chi connectivity index (χ1) is 7.69. The van der Waals surface area contributed by atoms with Crippen LogP contribution in [0, 0.1) is 17.0 Å². The number of pyridine rings is 1. The molecule has 0 saturated heterocycles. The first kappa shape index (κ1) is 12.9. The van der Waals surface area contributed by atoms with E-state index in [0.29, 0.717) is 0 Å². The second kappa shape index (κ2) is 4.00. The van der Waals surface area contributed by atoms with Crippen molar-refractivity contribution in [3.8, 4) is 0 Å². The van der Waals surface area contributed by atoms with Gasteiger partial charge in [0, 0.05) is 12.1 Å².